The van der Waals surface area contributed by atoms with Crippen LogP contribution in [0.4, 0.5) is 0 Å². The Morgan fingerprint density at radius 1 is 1.32 bits per heavy atom. The first kappa shape index (κ1) is 14.0. The van der Waals surface area contributed by atoms with Gasteiger partial charge in [0.1, 0.15) is 0 Å². The molecule has 1 aliphatic rings. The molecule has 0 radical (unpaired) electrons. The first-order chi connectivity index (χ1) is 9.00. The number of carbonyl (C=O) groups is 1. The molecule has 1 aromatic heterocycles. The molecular formula is C16H24N2O. The van der Waals surface area contributed by atoms with Crippen LogP contribution >= 0.6 is 0 Å². The summed E-state index contributed by atoms with van der Waals surface area (Å²) in [5, 5.41) is 4.46. The Kier molecular flexibility index (Phi) is 4.23. The van der Waals surface area contributed by atoms with E-state index in [-0.39, 0.29) is 11.8 Å². The summed E-state index contributed by atoms with van der Waals surface area (Å²) >= 11 is 0. The summed E-state index contributed by atoms with van der Waals surface area (Å²) in [7, 11) is 0. The van der Waals surface area contributed by atoms with Gasteiger partial charge in [-0.1, -0.05) is 31.4 Å². The summed E-state index contributed by atoms with van der Waals surface area (Å²) in [4.78, 5) is 12.5. The summed E-state index contributed by atoms with van der Waals surface area (Å²) in [5.74, 6) is 0.359. The van der Waals surface area contributed by atoms with E-state index in [9.17, 15) is 4.79 Å². The van der Waals surface area contributed by atoms with Gasteiger partial charge in [0.05, 0.1) is 5.69 Å². The van der Waals surface area contributed by atoms with E-state index in [4.69, 9.17) is 0 Å². The monoisotopic (exact) mass is 260 g/mol. The highest BCUT2D eigenvalue weighted by Gasteiger charge is 2.25. The van der Waals surface area contributed by atoms with E-state index in [1.54, 1.807) is 4.68 Å². The fourth-order valence-electron chi connectivity index (χ4n) is 2.97. The number of hydrogen-bond acceptors (Lipinski definition) is 2. The normalized spacial score (nSPS) is 16.6. The second-order valence-electron chi connectivity index (χ2n) is 5.87. The lowest BCUT2D eigenvalue weighted by Crippen LogP contribution is -2.25. The van der Waals surface area contributed by atoms with Crippen molar-refractivity contribution in [1.29, 1.82) is 0 Å². The van der Waals surface area contributed by atoms with Crippen molar-refractivity contribution in [3.8, 4) is 0 Å². The van der Waals surface area contributed by atoms with Crippen LogP contribution < -0.4 is 0 Å². The quantitative estimate of drug-likeness (QED) is 0.774. The fourth-order valence-corrected chi connectivity index (χ4v) is 2.97. The van der Waals surface area contributed by atoms with E-state index < -0.39 is 0 Å². The molecule has 0 atom stereocenters. The van der Waals surface area contributed by atoms with Gasteiger partial charge in [-0.15, -0.1) is 0 Å². The molecule has 1 saturated carbocycles. The number of hydrogen-bond donors (Lipinski definition) is 0. The number of rotatable bonds is 3. The van der Waals surface area contributed by atoms with Crippen LogP contribution in [0, 0.1) is 19.8 Å². The number of nitrogens with zero attached hydrogens (tertiary/aromatic N) is 2. The summed E-state index contributed by atoms with van der Waals surface area (Å²) < 4.78 is 1.64. The molecule has 0 aliphatic heterocycles. The molecule has 0 saturated heterocycles. The Morgan fingerprint density at radius 2 is 1.95 bits per heavy atom. The van der Waals surface area contributed by atoms with Crippen LogP contribution in [0.15, 0.2) is 12.2 Å². The predicted molar refractivity (Wildman–Crippen MR) is 77.4 cm³/mol. The molecule has 3 nitrogen and oxygen atoms in total. The predicted octanol–water partition coefficient (Wildman–Crippen LogP) is 3.84. The molecule has 1 fully saturated rings. The third-order valence-electron chi connectivity index (χ3n) is 4.08. The van der Waals surface area contributed by atoms with Crippen molar-refractivity contribution in [2.45, 2.75) is 59.3 Å². The molecule has 104 valence electrons. The third-order valence-corrected chi connectivity index (χ3v) is 4.08. The SMILES string of the molecule is C=C(C)Cc1c(C)nn(C(=O)C2CCCCC2)c1C. The maximum absolute atomic E-state index is 12.5. The van der Waals surface area contributed by atoms with Gasteiger partial charge in [-0.25, -0.2) is 4.68 Å². The largest absolute Gasteiger partial charge is 0.272 e. The average Bonchev–Trinajstić information content (AvgIpc) is 2.66. The smallest absolute Gasteiger partial charge is 0.250 e. The lowest BCUT2D eigenvalue weighted by molar-refractivity contribution is 0.0781. The second kappa shape index (κ2) is 5.72. The minimum atomic E-state index is 0.171. The van der Waals surface area contributed by atoms with Crippen LogP contribution in [-0.4, -0.2) is 15.7 Å². The van der Waals surface area contributed by atoms with E-state index in [2.05, 4.69) is 11.7 Å². The molecule has 0 unspecified atom stereocenters. The third kappa shape index (κ3) is 2.96. The van der Waals surface area contributed by atoms with Crippen LogP contribution in [0.2, 0.25) is 0 Å². The van der Waals surface area contributed by atoms with Crippen LogP contribution in [0.5, 0.6) is 0 Å². The Morgan fingerprint density at radius 3 is 2.53 bits per heavy atom. The molecule has 0 N–H and O–H groups in total. The van der Waals surface area contributed by atoms with Gasteiger partial charge < -0.3 is 0 Å². The van der Waals surface area contributed by atoms with E-state index in [0.29, 0.717) is 0 Å². The van der Waals surface area contributed by atoms with Gasteiger partial charge in [0.25, 0.3) is 0 Å². The highest BCUT2D eigenvalue weighted by atomic mass is 16.2. The number of allylic oxidation sites excluding steroid dienone is 1. The fraction of sp³-hybridized carbons (Fsp3) is 0.625. The van der Waals surface area contributed by atoms with Gasteiger partial charge in [0, 0.05) is 17.2 Å². The standard InChI is InChI=1S/C16H24N2O/c1-11(2)10-15-12(3)17-18(13(15)4)16(19)14-8-6-5-7-9-14/h14H,1,5-10H2,2-4H3. The van der Waals surface area contributed by atoms with Crippen molar-refractivity contribution in [3.63, 3.8) is 0 Å². The van der Waals surface area contributed by atoms with Crippen molar-refractivity contribution < 1.29 is 4.79 Å². The highest BCUT2D eigenvalue weighted by Crippen LogP contribution is 2.26. The van der Waals surface area contributed by atoms with Crippen molar-refractivity contribution in [1.82, 2.24) is 9.78 Å². The number of aryl methyl sites for hydroxylation is 1. The van der Waals surface area contributed by atoms with Gasteiger partial charge in [0.2, 0.25) is 5.91 Å². The van der Waals surface area contributed by atoms with E-state index >= 15 is 0 Å². The molecule has 1 heterocycles. The van der Waals surface area contributed by atoms with Crippen LogP contribution in [0.25, 0.3) is 0 Å². The molecule has 0 spiro atoms. The molecule has 0 amide bonds. The molecular weight excluding hydrogens is 236 g/mol. The summed E-state index contributed by atoms with van der Waals surface area (Å²) in [6.45, 7) is 9.95. The average molecular weight is 260 g/mol. The van der Waals surface area contributed by atoms with Crippen LogP contribution in [0.3, 0.4) is 0 Å². The second-order valence-corrected chi connectivity index (χ2v) is 5.87. The maximum atomic E-state index is 12.5. The molecule has 0 bridgehead atoms. The van der Waals surface area contributed by atoms with Gasteiger partial charge in [-0.05, 0) is 40.0 Å². The van der Waals surface area contributed by atoms with E-state index in [0.717, 1.165) is 41.8 Å². The van der Waals surface area contributed by atoms with Crippen molar-refractivity contribution in [2.24, 2.45) is 5.92 Å². The van der Waals surface area contributed by atoms with E-state index in [1.165, 1.54) is 19.3 Å². The molecule has 2 rings (SSSR count). The topological polar surface area (TPSA) is 34.9 Å². The van der Waals surface area contributed by atoms with Crippen molar-refractivity contribution >= 4 is 5.91 Å². The first-order valence-electron chi connectivity index (χ1n) is 7.24. The van der Waals surface area contributed by atoms with Gasteiger partial charge in [-0.3, -0.25) is 4.79 Å². The lowest BCUT2D eigenvalue weighted by Gasteiger charge is -2.20. The van der Waals surface area contributed by atoms with Gasteiger partial charge >= 0.3 is 0 Å². The maximum Gasteiger partial charge on any atom is 0.250 e. The van der Waals surface area contributed by atoms with Gasteiger partial charge in [0.15, 0.2) is 0 Å². The van der Waals surface area contributed by atoms with Crippen molar-refractivity contribution in [2.75, 3.05) is 0 Å². The number of carbonyl (C=O) groups excluding carboxylic acids is 1. The zero-order valence-corrected chi connectivity index (χ0v) is 12.3. The van der Waals surface area contributed by atoms with Gasteiger partial charge in [-0.2, -0.15) is 5.10 Å². The Balaban J connectivity index is 2.24. The summed E-state index contributed by atoms with van der Waals surface area (Å²) in [6, 6.07) is 0. The molecule has 3 heteroatoms. The first-order valence-corrected chi connectivity index (χ1v) is 7.24. The Hall–Kier alpha value is -1.38. The summed E-state index contributed by atoms with van der Waals surface area (Å²) in [5.41, 5.74) is 4.23. The molecule has 19 heavy (non-hydrogen) atoms. The molecule has 1 aromatic rings. The Labute approximate surface area is 115 Å². The summed E-state index contributed by atoms with van der Waals surface area (Å²) in [6.07, 6.45) is 6.47. The van der Waals surface area contributed by atoms with Crippen LogP contribution in [0.1, 0.15) is 60.8 Å². The number of aromatic nitrogens is 2. The Bertz CT molecular complexity index is 493. The zero-order chi connectivity index (χ0) is 14.0. The molecule has 1 aliphatic carbocycles. The lowest BCUT2D eigenvalue weighted by atomic mass is 9.88. The van der Waals surface area contributed by atoms with Crippen molar-refractivity contribution in [3.05, 3.63) is 29.1 Å². The zero-order valence-electron chi connectivity index (χ0n) is 12.3. The molecule has 0 aromatic carbocycles. The minimum Gasteiger partial charge on any atom is -0.272 e. The highest BCUT2D eigenvalue weighted by molar-refractivity contribution is 5.81. The van der Waals surface area contributed by atoms with Crippen LogP contribution in [-0.2, 0) is 6.42 Å². The van der Waals surface area contributed by atoms with E-state index in [1.807, 2.05) is 20.8 Å². The minimum absolute atomic E-state index is 0.171.